The van der Waals surface area contributed by atoms with E-state index in [1.165, 1.54) is 0 Å². The summed E-state index contributed by atoms with van der Waals surface area (Å²) in [5.41, 5.74) is 4.94. The van der Waals surface area contributed by atoms with E-state index in [4.69, 9.17) is 0 Å². The first-order valence-electron chi connectivity index (χ1n) is 3.72. The van der Waals surface area contributed by atoms with Gasteiger partial charge >= 0.3 is 21.0 Å². The summed E-state index contributed by atoms with van der Waals surface area (Å²) < 4.78 is 0. The third-order valence-corrected chi connectivity index (χ3v) is 1.68. The molecule has 2 aromatic rings. The van der Waals surface area contributed by atoms with Gasteiger partial charge in [-0.3, -0.25) is 0 Å². The molecule has 0 saturated heterocycles. The van der Waals surface area contributed by atoms with Crippen LogP contribution in [-0.4, -0.2) is 17.5 Å². The Morgan fingerprint density at radius 2 is 2.23 bits per heavy atom. The molecular formula is C9H10MnN3-. The standard InChI is InChI=1S/C8H8N3.CH2.Mn/c1-9-7-3-5-11-8-6(7)2-4-10-8;;/h2-5H,1H3,(H-,9,10,11);1H2;/q-1;;. The quantitative estimate of drug-likeness (QED) is 0.726. The number of rotatable bonds is 1. The van der Waals surface area contributed by atoms with E-state index in [2.05, 4.69) is 36.3 Å². The number of aromatic nitrogens is 2. The molecule has 0 spiro atoms. The van der Waals surface area contributed by atoms with Crippen molar-refractivity contribution in [2.45, 2.75) is 0 Å². The fourth-order valence-electron chi connectivity index (χ4n) is 1.13. The van der Waals surface area contributed by atoms with Gasteiger partial charge in [0.25, 0.3) is 0 Å². The van der Waals surface area contributed by atoms with Gasteiger partial charge in [0.05, 0.1) is 0 Å². The molecule has 0 saturated carbocycles. The van der Waals surface area contributed by atoms with Gasteiger partial charge in [0.15, 0.2) is 0 Å². The Morgan fingerprint density at radius 1 is 1.46 bits per heavy atom. The molecule has 0 aromatic carbocycles. The number of pyridine rings is 1. The summed E-state index contributed by atoms with van der Waals surface area (Å²) in [6.07, 6.45) is 3.51. The predicted octanol–water partition coefficient (Wildman–Crippen LogP) is 1.20. The molecule has 2 rings (SSSR count). The second kappa shape index (κ2) is 4.80. The van der Waals surface area contributed by atoms with Crippen molar-refractivity contribution in [2.24, 2.45) is 0 Å². The van der Waals surface area contributed by atoms with Gasteiger partial charge in [0.2, 0.25) is 0 Å². The molecular weight excluding hydrogens is 205 g/mol. The monoisotopic (exact) mass is 215 g/mol. The van der Waals surface area contributed by atoms with Crippen LogP contribution in [-0.2, 0) is 15.6 Å². The third kappa shape index (κ3) is 1.97. The molecule has 0 amide bonds. The molecule has 69 valence electrons. The second-order valence-corrected chi connectivity index (χ2v) is 2.29. The molecule has 0 aliphatic rings. The Hall–Kier alpha value is -1.12. The van der Waals surface area contributed by atoms with Crippen molar-refractivity contribution in [1.82, 2.24) is 9.97 Å². The summed E-state index contributed by atoms with van der Waals surface area (Å²) in [7, 11) is 1.89. The summed E-state index contributed by atoms with van der Waals surface area (Å²) >= 11 is 2.69. The van der Waals surface area contributed by atoms with Gasteiger partial charge in [-0.05, 0) is 17.1 Å². The van der Waals surface area contributed by atoms with Crippen molar-refractivity contribution in [3.63, 3.8) is 0 Å². The first kappa shape index (κ1) is 9.96. The number of hydrogen-bond acceptors (Lipinski definition) is 2. The Kier molecular flexibility index (Phi) is 3.68. The summed E-state index contributed by atoms with van der Waals surface area (Å²) in [4.78, 5) is 8.17. The molecule has 0 unspecified atom stereocenters. The van der Waals surface area contributed by atoms with Crippen LogP contribution in [0.25, 0.3) is 11.0 Å². The summed E-state index contributed by atoms with van der Waals surface area (Å²) in [5, 5.41) is 4.15. The fourth-order valence-corrected chi connectivity index (χ4v) is 1.13. The van der Waals surface area contributed by atoms with Crippen LogP contribution >= 0.6 is 0 Å². The normalized spacial score (nSPS) is 9.00. The van der Waals surface area contributed by atoms with Crippen LogP contribution < -0.4 is 10.3 Å². The van der Waals surface area contributed by atoms with Gasteiger partial charge in [-0.15, -0.1) is 0 Å². The van der Waals surface area contributed by atoms with Crippen molar-refractivity contribution in [3.05, 3.63) is 24.5 Å². The van der Waals surface area contributed by atoms with Crippen molar-refractivity contribution in [1.29, 1.82) is 0 Å². The molecule has 13 heavy (non-hydrogen) atoms. The predicted molar refractivity (Wildman–Crippen MR) is 51.7 cm³/mol. The minimum atomic E-state index is 0.803. The topological polar surface area (TPSA) is 39.0 Å². The third-order valence-electron chi connectivity index (χ3n) is 1.68. The Balaban J connectivity index is 0.000000396. The molecule has 0 fully saturated rings. The maximum atomic E-state index is 4.10. The molecule has 0 radical (unpaired) electrons. The van der Waals surface area contributed by atoms with Gasteiger partial charge in [0, 0.05) is 12.7 Å². The van der Waals surface area contributed by atoms with Crippen molar-refractivity contribution >= 4 is 22.1 Å². The van der Waals surface area contributed by atoms with Gasteiger partial charge in [-0.25, -0.2) is 0 Å². The molecule has 0 aliphatic heterocycles. The zero-order valence-corrected chi connectivity index (χ0v) is 8.47. The Morgan fingerprint density at radius 3 is 2.92 bits per heavy atom. The second-order valence-electron chi connectivity index (χ2n) is 2.29. The fraction of sp³-hybridized carbons (Fsp3) is 0.111. The average molecular weight is 215 g/mol. The minimum absolute atomic E-state index is 0.803. The van der Waals surface area contributed by atoms with E-state index in [9.17, 15) is 0 Å². The van der Waals surface area contributed by atoms with Crippen LogP contribution in [0.15, 0.2) is 24.5 Å². The van der Waals surface area contributed by atoms with Gasteiger partial charge < -0.3 is 15.3 Å². The summed E-state index contributed by atoms with van der Waals surface area (Å²) in [5.74, 6) is 0. The first-order chi connectivity index (χ1) is 6.42. The van der Waals surface area contributed by atoms with Crippen LogP contribution in [0.4, 0.5) is 5.69 Å². The zero-order valence-electron chi connectivity index (χ0n) is 7.29. The Labute approximate surface area is 84.9 Å². The van der Waals surface area contributed by atoms with Crippen molar-refractivity contribution in [2.75, 3.05) is 12.4 Å². The van der Waals surface area contributed by atoms with Gasteiger partial charge in [0.1, 0.15) is 0 Å². The molecule has 0 atom stereocenters. The van der Waals surface area contributed by atoms with E-state index in [0.29, 0.717) is 0 Å². The van der Waals surface area contributed by atoms with Gasteiger partial charge in [-0.2, -0.15) is 0 Å². The molecule has 1 N–H and O–H groups in total. The molecule has 4 heteroatoms. The van der Waals surface area contributed by atoms with Crippen LogP contribution in [0.2, 0.25) is 0 Å². The zero-order chi connectivity index (χ0) is 9.68. The number of fused-ring (bicyclic) bond motifs is 1. The molecule has 2 aromatic heterocycles. The van der Waals surface area contributed by atoms with Crippen LogP contribution in [0.1, 0.15) is 0 Å². The molecule has 3 nitrogen and oxygen atoms in total. The molecule has 2 heterocycles. The van der Waals surface area contributed by atoms with Crippen molar-refractivity contribution in [3.8, 4) is 0 Å². The SMILES string of the molecule is CNc1ccnc2[n-]ccc12.[CH2]=[Mn]. The molecule has 0 aliphatic carbocycles. The average Bonchev–Trinajstić information content (AvgIpc) is 2.68. The van der Waals surface area contributed by atoms with Crippen LogP contribution in [0, 0.1) is 0 Å². The van der Waals surface area contributed by atoms with Gasteiger partial charge in [-0.1, -0.05) is 18.5 Å². The van der Waals surface area contributed by atoms with E-state index in [1.54, 1.807) is 12.4 Å². The van der Waals surface area contributed by atoms with E-state index >= 15 is 0 Å². The van der Waals surface area contributed by atoms with E-state index in [1.807, 2.05) is 19.2 Å². The van der Waals surface area contributed by atoms with E-state index < -0.39 is 0 Å². The van der Waals surface area contributed by atoms with Crippen LogP contribution in [0.5, 0.6) is 0 Å². The van der Waals surface area contributed by atoms with Crippen molar-refractivity contribution < 1.29 is 15.6 Å². The summed E-state index contributed by atoms with van der Waals surface area (Å²) in [6.45, 7) is 0. The Bertz CT molecular complexity index is 383. The molecule has 0 bridgehead atoms. The number of nitrogens with zero attached hydrogens (tertiary/aromatic N) is 2. The number of hydrogen-bond donors (Lipinski definition) is 1. The maximum absolute atomic E-state index is 4.10. The number of nitrogens with one attached hydrogen (secondary N) is 1. The number of anilines is 1. The first-order valence-corrected chi connectivity index (χ1v) is 4.56. The van der Waals surface area contributed by atoms with E-state index in [0.717, 1.165) is 16.7 Å². The summed E-state index contributed by atoms with van der Waals surface area (Å²) in [6, 6.07) is 3.89. The van der Waals surface area contributed by atoms with Crippen LogP contribution in [0.3, 0.4) is 0 Å². The van der Waals surface area contributed by atoms with E-state index in [-0.39, 0.29) is 0 Å².